The van der Waals surface area contributed by atoms with Crippen molar-refractivity contribution in [1.29, 1.82) is 0 Å². The van der Waals surface area contributed by atoms with E-state index in [1.807, 2.05) is 12.1 Å². The molecule has 0 bridgehead atoms. The smallest absolute Gasteiger partial charge is 0.256 e. The van der Waals surface area contributed by atoms with Crippen molar-refractivity contribution in [3.05, 3.63) is 46.2 Å². The van der Waals surface area contributed by atoms with Crippen LogP contribution >= 0.6 is 0 Å². The Hall–Kier alpha value is -2.10. The summed E-state index contributed by atoms with van der Waals surface area (Å²) in [6.07, 6.45) is 5.83. The maximum atomic E-state index is 12.3. The van der Waals surface area contributed by atoms with Crippen LogP contribution in [0.5, 0.6) is 0 Å². The lowest BCUT2D eigenvalue weighted by Gasteiger charge is -2.11. The number of nitrogens with one attached hydrogen (secondary N) is 2. The summed E-state index contributed by atoms with van der Waals surface area (Å²) in [7, 11) is 0. The number of benzene rings is 1. The molecular weight excluding hydrogens is 240 g/mol. The van der Waals surface area contributed by atoms with Gasteiger partial charge in [0, 0.05) is 23.1 Å². The molecular formula is C15H16N2O2. The fraction of sp³-hybridized carbons (Fsp3) is 0.333. The first-order valence-corrected chi connectivity index (χ1v) is 6.67. The number of carbonyl (C=O) groups is 1. The fourth-order valence-electron chi connectivity index (χ4n) is 2.67. The van der Waals surface area contributed by atoms with Crippen molar-refractivity contribution in [2.45, 2.75) is 31.7 Å². The standard InChI is InChI=1S/C15H16N2O2/c18-14-11-7-3-4-8-13(11)16-9-12(14)15(19)17-10-5-1-2-6-10/h3-4,7-10H,1-2,5-6H2,(H,16,18)(H,17,19). The average molecular weight is 256 g/mol. The molecule has 1 aromatic carbocycles. The monoisotopic (exact) mass is 256 g/mol. The lowest BCUT2D eigenvalue weighted by molar-refractivity contribution is 0.0936. The Labute approximate surface area is 110 Å². The molecule has 98 valence electrons. The van der Waals surface area contributed by atoms with Gasteiger partial charge in [0.2, 0.25) is 5.43 Å². The number of pyridine rings is 1. The molecule has 1 heterocycles. The average Bonchev–Trinajstić information content (AvgIpc) is 2.92. The number of rotatable bonds is 2. The number of H-pyrrole nitrogens is 1. The summed E-state index contributed by atoms with van der Waals surface area (Å²) >= 11 is 0. The molecule has 2 aromatic rings. The largest absolute Gasteiger partial charge is 0.360 e. The lowest BCUT2D eigenvalue weighted by Crippen LogP contribution is -2.35. The second-order valence-corrected chi connectivity index (χ2v) is 5.03. The summed E-state index contributed by atoms with van der Waals surface area (Å²) in [5.41, 5.74) is 0.750. The van der Waals surface area contributed by atoms with E-state index in [1.54, 1.807) is 12.1 Å². The third-order valence-electron chi connectivity index (χ3n) is 3.72. The molecule has 3 rings (SSSR count). The second-order valence-electron chi connectivity index (χ2n) is 5.03. The highest BCUT2D eigenvalue weighted by atomic mass is 16.2. The Morgan fingerprint density at radius 1 is 1.21 bits per heavy atom. The summed E-state index contributed by atoms with van der Waals surface area (Å²) in [5.74, 6) is -0.265. The van der Waals surface area contributed by atoms with E-state index in [1.165, 1.54) is 6.20 Å². The van der Waals surface area contributed by atoms with Crippen LogP contribution in [0.2, 0.25) is 0 Å². The Morgan fingerprint density at radius 3 is 2.74 bits per heavy atom. The van der Waals surface area contributed by atoms with Gasteiger partial charge in [-0.05, 0) is 25.0 Å². The highest BCUT2D eigenvalue weighted by Gasteiger charge is 2.20. The Morgan fingerprint density at radius 2 is 1.95 bits per heavy atom. The van der Waals surface area contributed by atoms with Crippen LogP contribution in [-0.2, 0) is 0 Å². The van der Waals surface area contributed by atoms with E-state index in [0.29, 0.717) is 5.39 Å². The maximum absolute atomic E-state index is 12.3. The first-order chi connectivity index (χ1) is 9.25. The van der Waals surface area contributed by atoms with E-state index in [0.717, 1.165) is 31.2 Å². The predicted octanol–water partition coefficient (Wildman–Crippen LogP) is 2.20. The van der Waals surface area contributed by atoms with E-state index >= 15 is 0 Å². The van der Waals surface area contributed by atoms with E-state index in [9.17, 15) is 9.59 Å². The SMILES string of the molecule is O=C(NC1CCCC1)c1c[nH]c2ccccc2c1=O. The molecule has 1 aliphatic rings. The molecule has 0 atom stereocenters. The van der Waals surface area contributed by atoms with Crippen LogP contribution in [0.15, 0.2) is 35.3 Å². The highest BCUT2D eigenvalue weighted by molar-refractivity contribution is 5.97. The van der Waals surface area contributed by atoms with E-state index in [4.69, 9.17) is 0 Å². The van der Waals surface area contributed by atoms with Crippen LogP contribution in [0.4, 0.5) is 0 Å². The van der Waals surface area contributed by atoms with Gasteiger partial charge in [0.15, 0.2) is 0 Å². The third kappa shape index (κ3) is 2.26. The summed E-state index contributed by atoms with van der Waals surface area (Å²) in [5, 5.41) is 3.50. The summed E-state index contributed by atoms with van der Waals surface area (Å²) in [6.45, 7) is 0. The Bertz CT molecular complexity index is 669. The van der Waals surface area contributed by atoms with Gasteiger partial charge in [-0.1, -0.05) is 25.0 Å². The molecule has 1 amide bonds. The molecule has 1 saturated carbocycles. The third-order valence-corrected chi connectivity index (χ3v) is 3.72. The van der Waals surface area contributed by atoms with Crippen molar-refractivity contribution in [2.75, 3.05) is 0 Å². The molecule has 2 N–H and O–H groups in total. The van der Waals surface area contributed by atoms with Crippen molar-refractivity contribution in [1.82, 2.24) is 10.3 Å². The van der Waals surface area contributed by atoms with Gasteiger partial charge in [0.05, 0.1) is 0 Å². The van der Waals surface area contributed by atoms with Gasteiger partial charge in [-0.2, -0.15) is 0 Å². The minimum Gasteiger partial charge on any atom is -0.360 e. The lowest BCUT2D eigenvalue weighted by atomic mass is 10.1. The molecule has 19 heavy (non-hydrogen) atoms. The van der Waals surface area contributed by atoms with Gasteiger partial charge >= 0.3 is 0 Å². The summed E-state index contributed by atoms with van der Waals surface area (Å²) in [4.78, 5) is 27.4. The van der Waals surface area contributed by atoms with Crippen LogP contribution in [0.1, 0.15) is 36.0 Å². The van der Waals surface area contributed by atoms with E-state index in [-0.39, 0.29) is 22.9 Å². The molecule has 0 spiro atoms. The van der Waals surface area contributed by atoms with Crippen molar-refractivity contribution in [3.63, 3.8) is 0 Å². The van der Waals surface area contributed by atoms with Crippen LogP contribution in [0, 0.1) is 0 Å². The minimum absolute atomic E-state index is 0.200. The van der Waals surface area contributed by atoms with Crippen molar-refractivity contribution < 1.29 is 4.79 Å². The molecule has 0 radical (unpaired) electrons. The number of para-hydroxylation sites is 1. The minimum atomic E-state index is -0.265. The van der Waals surface area contributed by atoms with Crippen LogP contribution in [0.3, 0.4) is 0 Å². The number of aromatic amines is 1. The zero-order valence-corrected chi connectivity index (χ0v) is 10.6. The number of amides is 1. The van der Waals surface area contributed by atoms with Crippen LogP contribution in [0.25, 0.3) is 10.9 Å². The first kappa shape index (κ1) is 12.0. The number of aromatic nitrogens is 1. The molecule has 1 aromatic heterocycles. The van der Waals surface area contributed by atoms with Crippen LogP contribution < -0.4 is 10.7 Å². The molecule has 0 aliphatic heterocycles. The molecule has 4 nitrogen and oxygen atoms in total. The first-order valence-electron chi connectivity index (χ1n) is 6.67. The van der Waals surface area contributed by atoms with Gasteiger partial charge < -0.3 is 10.3 Å². The predicted molar refractivity (Wildman–Crippen MR) is 74.3 cm³/mol. The molecule has 1 fully saturated rings. The number of carbonyl (C=O) groups excluding carboxylic acids is 1. The van der Waals surface area contributed by atoms with E-state index < -0.39 is 0 Å². The normalized spacial score (nSPS) is 15.8. The zero-order valence-electron chi connectivity index (χ0n) is 10.6. The van der Waals surface area contributed by atoms with Crippen LogP contribution in [-0.4, -0.2) is 16.9 Å². The van der Waals surface area contributed by atoms with Crippen molar-refractivity contribution in [3.8, 4) is 0 Å². The van der Waals surface area contributed by atoms with Gasteiger partial charge in [-0.25, -0.2) is 0 Å². The maximum Gasteiger partial charge on any atom is 0.256 e. The van der Waals surface area contributed by atoms with Crippen molar-refractivity contribution in [2.24, 2.45) is 0 Å². The topological polar surface area (TPSA) is 62.0 Å². The molecule has 1 aliphatic carbocycles. The molecule has 4 heteroatoms. The number of fused-ring (bicyclic) bond motifs is 1. The van der Waals surface area contributed by atoms with Gasteiger partial charge in [0.1, 0.15) is 5.56 Å². The quantitative estimate of drug-likeness (QED) is 0.865. The number of hydrogen-bond donors (Lipinski definition) is 2. The Balaban J connectivity index is 1.94. The second kappa shape index (κ2) is 4.88. The number of hydrogen-bond acceptors (Lipinski definition) is 2. The van der Waals surface area contributed by atoms with Gasteiger partial charge in [-0.15, -0.1) is 0 Å². The van der Waals surface area contributed by atoms with Crippen molar-refractivity contribution >= 4 is 16.8 Å². The molecule has 0 saturated heterocycles. The summed E-state index contributed by atoms with van der Waals surface area (Å²) in [6, 6.07) is 7.45. The fourth-order valence-corrected chi connectivity index (χ4v) is 2.67. The summed E-state index contributed by atoms with van der Waals surface area (Å²) < 4.78 is 0. The highest BCUT2D eigenvalue weighted by Crippen LogP contribution is 2.18. The Kier molecular flexibility index (Phi) is 3.07. The van der Waals surface area contributed by atoms with Gasteiger partial charge in [0.25, 0.3) is 5.91 Å². The van der Waals surface area contributed by atoms with E-state index in [2.05, 4.69) is 10.3 Å². The zero-order chi connectivity index (χ0) is 13.2. The van der Waals surface area contributed by atoms with Gasteiger partial charge in [-0.3, -0.25) is 9.59 Å². The molecule has 0 unspecified atom stereocenters.